The Bertz CT molecular complexity index is 1350. The van der Waals surface area contributed by atoms with E-state index in [1.165, 1.54) is 10.6 Å². The molecule has 3 aromatic rings. The lowest BCUT2D eigenvalue weighted by Crippen LogP contribution is -2.40. The van der Waals surface area contributed by atoms with Crippen LogP contribution in [0.3, 0.4) is 0 Å². The fourth-order valence-corrected chi connectivity index (χ4v) is 4.62. The van der Waals surface area contributed by atoms with E-state index in [1.54, 1.807) is 24.5 Å². The minimum atomic E-state index is -1.06. The third-order valence-electron chi connectivity index (χ3n) is 6.42. The quantitative estimate of drug-likeness (QED) is 0.387. The molecule has 7 nitrogen and oxygen atoms in total. The molecule has 2 N–H and O–H groups in total. The number of amides is 1. The van der Waals surface area contributed by atoms with Crippen LogP contribution < -0.4 is 10.9 Å². The molecule has 0 saturated heterocycles. The first-order chi connectivity index (χ1) is 17.5. The van der Waals surface area contributed by atoms with Crippen LogP contribution in [0.5, 0.6) is 0 Å². The number of nitrogens with one attached hydrogen (secondary N) is 1. The van der Waals surface area contributed by atoms with Crippen molar-refractivity contribution >= 4 is 18.0 Å². The largest absolute Gasteiger partial charge is 0.481 e. The van der Waals surface area contributed by atoms with Gasteiger partial charge in [-0.3, -0.25) is 19.4 Å². The Morgan fingerprint density at radius 2 is 1.81 bits per heavy atom. The number of rotatable bonds is 10. The van der Waals surface area contributed by atoms with E-state index in [-0.39, 0.29) is 17.9 Å². The van der Waals surface area contributed by atoms with Gasteiger partial charge in [-0.25, -0.2) is 0 Å². The van der Waals surface area contributed by atoms with E-state index in [9.17, 15) is 19.5 Å². The van der Waals surface area contributed by atoms with Crippen LogP contribution >= 0.6 is 0 Å². The smallest absolute Gasteiger partial charge is 0.305 e. The highest BCUT2D eigenvalue weighted by molar-refractivity contribution is 5.82. The van der Waals surface area contributed by atoms with Crippen LogP contribution in [0, 0.1) is 26.7 Å². The second-order valence-corrected chi connectivity index (χ2v) is 9.93. The predicted octanol–water partition coefficient (Wildman–Crippen LogP) is 5.40. The lowest BCUT2D eigenvalue weighted by molar-refractivity contribution is -0.138. The number of carboxylic acids is 1. The number of carboxylic acid groups (broad SMARTS) is 1. The molecule has 0 bridgehead atoms. The fraction of sp³-hybridized carbons (Fsp3) is 0.333. The Morgan fingerprint density at radius 1 is 1.14 bits per heavy atom. The summed E-state index contributed by atoms with van der Waals surface area (Å²) in [5.74, 6) is -1.34. The highest BCUT2D eigenvalue weighted by Crippen LogP contribution is 2.32. The average molecular weight is 502 g/mol. The van der Waals surface area contributed by atoms with Gasteiger partial charge < -0.3 is 15.0 Å². The zero-order valence-electron chi connectivity index (χ0n) is 22.1. The van der Waals surface area contributed by atoms with Crippen molar-refractivity contribution in [3.63, 3.8) is 0 Å². The minimum Gasteiger partial charge on any atom is -0.481 e. The van der Waals surface area contributed by atoms with Crippen molar-refractivity contribution in [2.45, 2.75) is 59.5 Å². The lowest BCUT2D eigenvalue weighted by atomic mass is 9.92. The molecule has 194 valence electrons. The van der Waals surface area contributed by atoms with Crippen molar-refractivity contribution in [3.05, 3.63) is 93.7 Å². The van der Waals surface area contributed by atoms with Crippen LogP contribution in [0.4, 0.5) is 0 Å². The van der Waals surface area contributed by atoms with Gasteiger partial charge in [0.05, 0.1) is 18.2 Å². The monoisotopic (exact) mass is 501 g/mol. The summed E-state index contributed by atoms with van der Waals surface area (Å²) >= 11 is 0. The standard InChI is InChI=1S/C30H35N3O4/c1-7-24-23(29-20(5)9-8-10-21(29)6)15-22(17-31-24)25(16-28(35)36)32-30(37)26(13-18(2)3)33-12-11-19(4)14-27(33)34/h7-12,14-15,17-18,25-26H,1,13,16H2,2-6H3,(H,32,37)(H,35,36). The Hall–Kier alpha value is -4.00. The van der Waals surface area contributed by atoms with Crippen LogP contribution in [-0.2, 0) is 9.59 Å². The first-order valence-corrected chi connectivity index (χ1v) is 12.4. The highest BCUT2D eigenvalue weighted by atomic mass is 16.4. The molecule has 2 heterocycles. The van der Waals surface area contributed by atoms with Crippen molar-refractivity contribution in [1.29, 1.82) is 0 Å². The number of carbonyl (C=O) groups excluding carboxylic acids is 1. The molecular formula is C30H35N3O4. The van der Waals surface area contributed by atoms with E-state index in [4.69, 9.17) is 0 Å². The molecule has 0 radical (unpaired) electrons. The van der Waals surface area contributed by atoms with Gasteiger partial charge in [0.25, 0.3) is 5.56 Å². The Labute approximate surface area is 217 Å². The van der Waals surface area contributed by atoms with Crippen LogP contribution in [0.1, 0.15) is 66.7 Å². The van der Waals surface area contributed by atoms with Crippen molar-refractivity contribution in [2.24, 2.45) is 5.92 Å². The summed E-state index contributed by atoms with van der Waals surface area (Å²) in [5, 5.41) is 12.6. The number of aryl methyl sites for hydroxylation is 3. The number of aromatic nitrogens is 2. The summed E-state index contributed by atoms with van der Waals surface area (Å²) < 4.78 is 1.42. The third-order valence-corrected chi connectivity index (χ3v) is 6.42. The van der Waals surface area contributed by atoms with E-state index < -0.39 is 24.0 Å². The second-order valence-electron chi connectivity index (χ2n) is 9.93. The first-order valence-electron chi connectivity index (χ1n) is 12.4. The van der Waals surface area contributed by atoms with E-state index in [0.717, 1.165) is 27.8 Å². The molecule has 0 spiro atoms. The summed E-state index contributed by atoms with van der Waals surface area (Å²) in [4.78, 5) is 42.6. The highest BCUT2D eigenvalue weighted by Gasteiger charge is 2.27. The summed E-state index contributed by atoms with van der Waals surface area (Å²) in [6.07, 6.45) is 4.96. The molecule has 0 aliphatic heterocycles. The maximum absolute atomic E-state index is 13.6. The van der Waals surface area contributed by atoms with Gasteiger partial charge in [-0.05, 0) is 79.1 Å². The molecular weight excluding hydrogens is 466 g/mol. The molecule has 0 aliphatic carbocycles. The van der Waals surface area contributed by atoms with E-state index in [1.807, 2.05) is 58.9 Å². The van der Waals surface area contributed by atoms with Gasteiger partial charge in [-0.1, -0.05) is 38.6 Å². The normalized spacial score (nSPS) is 12.7. The summed E-state index contributed by atoms with van der Waals surface area (Å²) in [5.41, 5.74) is 5.69. The first kappa shape index (κ1) is 27.6. The number of hydrogen-bond acceptors (Lipinski definition) is 4. The van der Waals surface area contributed by atoms with Crippen LogP contribution in [0.2, 0.25) is 0 Å². The van der Waals surface area contributed by atoms with Crippen molar-refractivity contribution < 1.29 is 14.7 Å². The molecule has 1 aromatic carbocycles. The van der Waals surface area contributed by atoms with Gasteiger partial charge in [0.15, 0.2) is 0 Å². The molecule has 1 amide bonds. The average Bonchev–Trinajstić information content (AvgIpc) is 2.82. The minimum absolute atomic E-state index is 0.131. The zero-order chi connectivity index (χ0) is 27.3. The van der Waals surface area contributed by atoms with Crippen molar-refractivity contribution in [1.82, 2.24) is 14.9 Å². The predicted molar refractivity (Wildman–Crippen MR) is 146 cm³/mol. The number of nitrogens with zero attached hydrogens (tertiary/aromatic N) is 2. The zero-order valence-corrected chi connectivity index (χ0v) is 22.1. The van der Waals surface area contributed by atoms with Gasteiger partial charge in [-0.2, -0.15) is 0 Å². The lowest BCUT2D eigenvalue weighted by Gasteiger charge is -2.25. The molecule has 3 rings (SSSR count). The van der Waals surface area contributed by atoms with Crippen LogP contribution in [0.25, 0.3) is 17.2 Å². The van der Waals surface area contributed by atoms with Gasteiger partial charge in [0, 0.05) is 24.0 Å². The number of aliphatic carboxylic acids is 1. The SMILES string of the molecule is C=Cc1ncc(C(CC(=O)O)NC(=O)C(CC(C)C)n2ccc(C)cc2=O)cc1-c1c(C)cccc1C. The summed E-state index contributed by atoms with van der Waals surface area (Å²) in [6.45, 7) is 13.7. The molecule has 0 saturated carbocycles. The van der Waals surface area contributed by atoms with Crippen molar-refractivity contribution in [2.75, 3.05) is 0 Å². The number of hydrogen-bond donors (Lipinski definition) is 2. The van der Waals surface area contributed by atoms with Crippen LogP contribution in [0.15, 0.2) is 60.2 Å². The van der Waals surface area contributed by atoms with Gasteiger partial charge in [0.2, 0.25) is 5.91 Å². The van der Waals surface area contributed by atoms with E-state index in [0.29, 0.717) is 17.7 Å². The van der Waals surface area contributed by atoms with Gasteiger partial charge >= 0.3 is 5.97 Å². The molecule has 7 heteroatoms. The Balaban J connectivity index is 2.06. The second kappa shape index (κ2) is 11.8. The topological polar surface area (TPSA) is 101 Å². The maximum atomic E-state index is 13.6. The fourth-order valence-electron chi connectivity index (χ4n) is 4.62. The van der Waals surface area contributed by atoms with E-state index in [2.05, 4.69) is 16.9 Å². The molecule has 37 heavy (non-hydrogen) atoms. The van der Waals surface area contributed by atoms with Gasteiger partial charge in [0.1, 0.15) is 6.04 Å². The summed E-state index contributed by atoms with van der Waals surface area (Å²) in [7, 11) is 0. The third kappa shape index (κ3) is 6.61. The number of pyridine rings is 2. The molecule has 2 atom stereocenters. The van der Waals surface area contributed by atoms with Crippen molar-refractivity contribution in [3.8, 4) is 11.1 Å². The Morgan fingerprint density at radius 3 is 2.38 bits per heavy atom. The van der Waals surface area contributed by atoms with Gasteiger partial charge in [-0.15, -0.1) is 0 Å². The number of benzene rings is 1. The molecule has 0 aliphatic rings. The summed E-state index contributed by atoms with van der Waals surface area (Å²) in [6, 6.07) is 9.54. The molecule has 0 fully saturated rings. The van der Waals surface area contributed by atoms with E-state index >= 15 is 0 Å². The Kier molecular flexibility index (Phi) is 8.81. The maximum Gasteiger partial charge on any atom is 0.305 e. The number of carbonyl (C=O) groups is 2. The molecule has 2 unspecified atom stereocenters. The molecule has 2 aromatic heterocycles. The van der Waals surface area contributed by atoms with Crippen LogP contribution in [-0.4, -0.2) is 26.5 Å².